The van der Waals surface area contributed by atoms with Gasteiger partial charge in [0.25, 0.3) is 0 Å². The molecule has 1 heterocycles. The molecule has 0 radical (unpaired) electrons. The molecule has 6 nitrogen and oxygen atoms in total. The van der Waals surface area contributed by atoms with E-state index in [1.54, 1.807) is 11.0 Å². The predicted octanol–water partition coefficient (Wildman–Crippen LogP) is 2.79. The molecule has 2 atom stereocenters. The maximum Gasteiger partial charge on any atom is 0.416 e. The van der Waals surface area contributed by atoms with E-state index in [0.717, 1.165) is 12.1 Å². The molecule has 2 aliphatic rings. The van der Waals surface area contributed by atoms with E-state index >= 15 is 0 Å². The van der Waals surface area contributed by atoms with Crippen LogP contribution in [0.1, 0.15) is 24.8 Å². The van der Waals surface area contributed by atoms with Crippen molar-refractivity contribution in [2.75, 3.05) is 31.1 Å². The van der Waals surface area contributed by atoms with E-state index in [2.05, 4.69) is 5.32 Å². The standard InChI is InChI=1S/C18H22F3N3O3/c19-18(20,21)13-2-1-3-15(11-13)23-6-8-24(9-7-23)16(25)12-4-5-14(10-12)22-17(26)27/h1-3,11-12,14,22H,4-10H2,(H,26,27)/t12-,14+/m0/s1. The molecule has 27 heavy (non-hydrogen) atoms. The molecule has 2 fully saturated rings. The van der Waals surface area contributed by atoms with Crippen molar-refractivity contribution in [3.05, 3.63) is 29.8 Å². The minimum Gasteiger partial charge on any atom is -0.465 e. The Labute approximate surface area is 154 Å². The van der Waals surface area contributed by atoms with Gasteiger partial charge in [0.1, 0.15) is 0 Å². The van der Waals surface area contributed by atoms with Crippen molar-refractivity contribution < 1.29 is 27.9 Å². The maximum atomic E-state index is 12.9. The van der Waals surface area contributed by atoms with E-state index in [1.807, 2.05) is 4.90 Å². The van der Waals surface area contributed by atoms with Crippen LogP contribution in [0.15, 0.2) is 24.3 Å². The van der Waals surface area contributed by atoms with Crippen LogP contribution in [-0.4, -0.2) is 54.2 Å². The minimum absolute atomic E-state index is 0.00776. The number of carbonyl (C=O) groups is 2. The number of amides is 2. The first-order valence-electron chi connectivity index (χ1n) is 8.94. The summed E-state index contributed by atoms with van der Waals surface area (Å²) in [4.78, 5) is 26.9. The Morgan fingerprint density at radius 1 is 1.11 bits per heavy atom. The third-order valence-electron chi connectivity index (χ3n) is 5.24. The molecule has 2 amide bonds. The van der Waals surface area contributed by atoms with Crippen LogP contribution in [0.4, 0.5) is 23.7 Å². The molecule has 2 N–H and O–H groups in total. The summed E-state index contributed by atoms with van der Waals surface area (Å²) in [5.41, 5.74) is -0.176. The second-order valence-electron chi connectivity index (χ2n) is 7.02. The first kappa shape index (κ1) is 19.3. The van der Waals surface area contributed by atoms with Gasteiger partial charge in [0, 0.05) is 43.8 Å². The number of anilines is 1. The molecule has 0 bridgehead atoms. The number of hydrogen-bond donors (Lipinski definition) is 2. The van der Waals surface area contributed by atoms with Gasteiger partial charge in [0.15, 0.2) is 0 Å². The molecule has 148 valence electrons. The Hall–Kier alpha value is -2.45. The molecule has 0 aromatic heterocycles. The van der Waals surface area contributed by atoms with Gasteiger partial charge in [-0.05, 0) is 37.5 Å². The highest BCUT2D eigenvalue weighted by molar-refractivity contribution is 5.79. The zero-order chi connectivity index (χ0) is 19.6. The summed E-state index contributed by atoms with van der Waals surface area (Å²) >= 11 is 0. The Kier molecular flexibility index (Phi) is 5.48. The van der Waals surface area contributed by atoms with Crippen LogP contribution in [0.3, 0.4) is 0 Å². The molecular weight excluding hydrogens is 363 g/mol. The normalized spacial score (nSPS) is 23.4. The number of hydrogen-bond acceptors (Lipinski definition) is 3. The van der Waals surface area contributed by atoms with Crippen LogP contribution >= 0.6 is 0 Å². The van der Waals surface area contributed by atoms with Gasteiger partial charge in [-0.2, -0.15) is 13.2 Å². The molecule has 1 saturated carbocycles. The summed E-state index contributed by atoms with van der Waals surface area (Å²) in [6.45, 7) is 1.83. The first-order valence-corrected chi connectivity index (χ1v) is 8.94. The average molecular weight is 385 g/mol. The number of nitrogens with zero attached hydrogens (tertiary/aromatic N) is 2. The van der Waals surface area contributed by atoms with Gasteiger partial charge < -0.3 is 20.2 Å². The minimum atomic E-state index is -4.38. The van der Waals surface area contributed by atoms with Crippen molar-refractivity contribution in [2.45, 2.75) is 31.5 Å². The molecule has 1 saturated heterocycles. The molecule has 0 spiro atoms. The van der Waals surface area contributed by atoms with E-state index < -0.39 is 17.8 Å². The van der Waals surface area contributed by atoms with E-state index in [9.17, 15) is 22.8 Å². The van der Waals surface area contributed by atoms with Gasteiger partial charge >= 0.3 is 12.3 Å². The van der Waals surface area contributed by atoms with Gasteiger partial charge in [0.05, 0.1) is 5.56 Å². The zero-order valence-electron chi connectivity index (χ0n) is 14.7. The van der Waals surface area contributed by atoms with E-state index in [1.165, 1.54) is 6.07 Å². The summed E-state index contributed by atoms with van der Waals surface area (Å²) in [7, 11) is 0. The van der Waals surface area contributed by atoms with Gasteiger partial charge in [-0.3, -0.25) is 4.79 Å². The Morgan fingerprint density at radius 3 is 2.44 bits per heavy atom. The Balaban J connectivity index is 1.55. The summed E-state index contributed by atoms with van der Waals surface area (Å²) in [6.07, 6.45) is -3.66. The van der Waals surface area contributed by atoms with Crippen molar-refractivity contribution >= 4 is 17.7 Å². The molecule has 3 rings (SSSR count). The fourth-order valence-corrected chi connectivity index (χ4v) is 3.83. The van der Waals surface area contributed by atoms with Gasteiger partial charge in [-0.15, -0.1) is 0 Å². The topological polar surface area (TPSA) is 72.9 Å². The van der Waals surface area contributed by atoms with E-state index in [4.69, 9.17) is 5.11 Å². The zero-order valence-corrected chi connectivity index (χ0v) is 14.7. The van der Waals surface area contributed by atoms with E-state index in [-0.39, 0.29) is 17.9 Å². The number of nitrogens with one attached hydrogen (secondary N) is 1. The number of halogens is 3. The fourth-order valence-electron chi connectivity index (χ4n) is 3.83. The van der Waals surface area contributed by atoms with Crippen LogP contribution in [0, 0.1) is 5.92 Å². The number of carboxylic acid groups (broad SMARTS) is 1. The van der Waals surface area contributed by atoms with Crippen LogP contribution in [0.2, 0.25) is 0 Å². The Bertz CT molecular complexity index is 703. The number of benzene rings is 1. The highest BCUT2D eigenvalue weighted by Crippen LogP contribution is 2.32. The smallest absolute Gasteiger partial charge is 0.416 e. The summed E-state index contributed by atoms with van der Waals surface area (Å²) in [5, 5.41) is 11.2. The molecule has 1 aromatic carbocycles. The van der Waals surface area contributed by atoms with Crippen LogP contribution in [0.25, 0.3) is 0 Å². The van der Waals surface area contributed by atoms with Crippen molar-refractivity contribution in [1.82, 2.24) is 10.2 Å². The molecule has 1 aliphatic heterocycles. The monoisotopic (exact) mass is 385 g/mol. The Morgan fingerprint density at radius 2 is 1.81 bits per heavy atom. The molecule has 1 aromatic rings. The highest BCUT2D eigenvalue weighted by atomic mass is 19.4. The first-order chi connectivity index (χ1) is 12.7. The quantitative estimate of drug-likeness (QED) is 0.839. The highest BCUT2D eigenvalue weighted by Gasteiger charge is 2.35. The third kappa shape index (κ3) is 4.64. The second kappa shape index (κ2) is 7.66. The lowest BCUT2D eigenvalue weighted by Gasteiger charge is -2.37. The van der Waals surface area contributed by atoms with Gasteiger partial charge in [-0.1, -0.05) is 6.07 Å². The molecule has 9 heteroatoms. The van der Waals surface area contributed by atoms with Crippen molar-refractivity contribution in [3.63, 3.8) is 0 Å². The lowest BCUT2D eigenvalue weighted by molar-refractivity contribution is -0.137. The number of alkyl halides is 3. The SMILES string of the molecule is O=C(O)N[C@@H]1CC[C@H](C(=O)N2CCN(c3cccc(C(F)(F)F)c3)CC2)C1. The number of carbonyl (C=O) groups excluding carboxylic acids is 1. The number of rotatable bonds is 3. The van der Waals surface area contributed by atoms with Crippen molar-refractivity contribution in [3.8, 4) is 0 Å². The van der Waals surface area contributed by atoms with E-state index in [0.29, 0.717) is 51.1 Å². The number of piperazine rings is 1. The van der Waals surface area contributed by atoms with Gasteiger partial charge in [0.2, 0.25) is 5.91 Å². The lowest BCUT2D eigenvalue weighted by Crippen LogP contribution is -2.50. The summed E-state index contributed by atoms with van der Waals surface area (Å²) in [5.74, 6) is -0.185. The molecule has 1 aliphatic carbocycles. The molecular formula is C18H22F3N3O3. The summed E-state index contributed by atoms with van der Waals surface area (Å²) < 4.78 is 38.6. The maximum absolute atomic E-state index is 12.9. The van der Waals surface area contributed by atoms with Crippen molar-refractivity contribution in [2.24, 2.45) is 5.92 Å². The molecule has 0 unspecified atom stereocenters. The lowest BCUT2D eigenvalue weighted by atomic mass is 10.1. The van der Waals surface area contributed by atoms with Crippen LogP contribution in [-0.2, 0) is 11.0 Å². The largest absolute Gasteiger partial charge is 0.465 e. The van der Waals surface area contributed by atoms with Crippen LogP contribution < -0.4 is 10.2 Å². The third-order valence-corrected chi connectivity index (χ3v) is 5.24. The second-order valence-corrected chi connectivity index (χ2v) is 7.02. The van der Waals surface area contributed by atoms with Crippen LogP contribution in [0.5, 0.6) is 0 Å². The van der Waals surface area contributed by atoms with Gasteiger partial charge in [-0.25, -0.2) is 4.79 Å². The van der Waals surface area contributed by atoms with Crippen molar-refractivity contribution in [1.29, 1.82) is 0 Å². The average Bonchev–Trinajstić information content (AvgIpc) is 3.08. The fraction of sp³-hybridized carbons (Fsp3) is 0.556. The predicted molar refractivity (Wildman–Crippen MR) is 92.5 cm³/mol. The summed E-state index contributed by atoms with van der Waals surface area (Å²) in [6, 6.07) is 5.03.